The summed E-state index contributed by atoms with van der Waals surface area (Å²) in [4.78, 5) is 12.4. The fraction of sp³-hybridized carbons (Fsp3) is 0.279. The third-order valence-corrected chi connectivity index (χ3v) is 12.1. The summed E-state index contributed by atoms with van der Waals surface area (Å²) in [6.45, 7) is 0. The van der Waals surface area contributed by atoms with Crippen molar-refractivity contribution >= 4 is 55.5 Å². The van der Waals surface area contributed by atoms with Crippen molar-refractivity contribution in [2.45, 2.75) is 54.3 Å². The maximum atomic E-state index is 14.2. The quantitative estimate of drug-likeness (QED) is 0.0672. The van der Waals surface area contributed by atoms with Gasteiger partial charge in [-0.1, -0.05) is 60.7 Å². The summed E-state index contributed by atoms with van der Waals surface area (Å²) < 4.78 is 352. The van der Waals surface area contributed by atoms with Crippen molar-refractivity contribution in [2.75, 3.05) is 24.5 Å². The van der Waals surface area contributed by atoms with Crippen LogP contribution in [0.25, 0.3) is 0 Å². The summed E-state index contributed by atoms with van der Waals surface area (Å²) in [6, 6.07) is -1.79. The number of carbonyl (C=O) groups excluding carboxylic acids is 1. The van der Waals surface area contributed by atoms with E-state index in [1.54, 1.807) is 30.5 Å². The largest absolute Gasteiger partial charge is 0.416 e. The van der Waals surface area contributed by atoms with E-state index in [1.165, 1.54) is 0 Å². The van der Waals surface area contributed by atoms with Crippen LogP contribution in [0.4, 0.5) is 105 Å². The predicted octanol–water partition coefficient (Wildman–Crippen LogP) is 12.7. The van der Waals surface area contributed by atoms with E-state index in [4.69, 9.17) is 0 Å². The number of carbonyl (C=O) groups is 1. The van der Waals surface area contributed by atoms with Crippen LogP contribution in [0.2, 0.25) is 0 Å². The molecule has 2 nitrogen and oxygen atoms in total. The Balaban J connectivity index is 0.000000639. The summed E-state index contributed by atoms with van der Waals surface area (Å²) >= 11 is 0. The molecule has 0 saturated carbocycles. The highest BCUT2D eigenvalue weighted by atomic mass is 32.2. The average molecular weight is 1110 g/mol. The Morgan fingerprint density at radius 1 is 0.389 bits per heavy atom. The van der Waals surface area contributed by atoms with E-state index in [0.29, 0.717) is 11.3 Å². The lowest BCUT2D eigenvalue weighted by Crippen LogP contribution is -2.75. The fourth-order valence-electron chi connectivity index (χ4n) is 7.25. The smallest absolute Gasteiger partial charge is 0.289 e. The van der Waals surface area contributed by atoms with Gasteiger partial charge in [0.05, 0.1) is 57.0 Å². The topological polar surface area (TPSA) is 34.1 Å². The molecule has 0 N–H and O–H groups in total. The molecule has 5 rings (SSSR count). The summed E-state index contributed by atoms with van der Waals surface area (Å²) in [5, 5.41) is 0. The van der Waals surface area contributed by atoms with E-state index in [2.05, 4.69) is 0 Å². The van der Waals surface area contributed by atoms with Gasteiger partial charge in [-0.2, -0.15) is 127 Å². The van der Waals surface area contributed by atoms with Gasteiger partial charge in [0, 0.05) is 27.5 Å². The molecule has 0 aromatic heterocycles. The van der Waals surface area contributed by atoms with Crippen molar-refractivity contribution in [3.8, 4) is 0 Å². The summed E-state index contributed by atoms with van der Waals surface area (Å²) in [6.07, 6.45) is -49.1. The first-order valence-corrected chi connectivity index (χ1v) is 22.9. The van der Waals surface area contributed by atoms with Gasteiger partial charge in [0.25, 0.3) is 0 Å². The molecule has 0 spiro atoms. The van der Waals surface area contributed by atoms with Gasteiger partial charge in [0.1, 0.15) is 6.15 Å². The fourth-order valence-corrected chi connectivity index (χ4v) is 8.46. The molecule has 0 bridgehead atoms. The van der Waals surface area contributed by atoms with Gasteiger partial charge < -0.3 is 0 Å². The molecule has 5 aromatic rings. The third-order valence-electron chi connectivity index (χ3n) is 10.4. The van der Waals surface area contributed by atoms with Crippen LogP contribution >= 0.6 is 0 Å². The highest BCUT2D eigenvalue weighted by Gasteiger charge is 2.47. The van der Waals surface area contributed by atoms with Crippen molar-refractivity contribution < 1.29 is 114 Å². The maximum Gasteiger partial charge on any atom is 0.416 e. The molecule has 0 saturated heterocycles. The Bertz CT molecular complexity index is 2360. The number of alkyl halides is 24. The van der Waals surface area contributed by atoms with Crippen molar-refractivity contribution in [3.63, 3.8) is 0 Å². The average Bonchev–Trinajstić information content (AvgIpc) is 3.21. The van der Waals surface area contributed by atoms with Crippen LogP contribution in [0.5, 0.6) is 0 Å². The molecule has 0 fully saturated rings. The number of benzene rings is 5. The number of ketones is 1. The van der Waals surface area contributed by atoms with E-state index in [-0.39, 0.29) is 16.7 Å². The van der Waals surface area contributed by atoms with E-state index in [9.17, 15) is 114 Å². The van der Waals surface area contributed by atoms with Crippen LogP contribution in [0.15, 0.2) is 102 Å². The van der Waals surface area contributed by atoms with Gasteiger partial charge in [0.2, 0.25) is 5.78 Å². The Kier molecular flexibility index (Phi) is 16.6. The van der Waals surface area contributed by atoms with Crippen molar-refractivity contribution in [1.29, 1.82) is 0 Å². The van der Waals surface area contributed by atoms with Gasteiger partial charge in [-0.3, -0.25) is 9.00 Å². The Morgan fingerprint density at radius 2 is 0.583 bits per heavy atom. The molecular formula is C43H27BF24O2S2. The van der Waals surface area contributed by atoms with Crippen molar-refractivity contribution in [1.82, 2.24) is 0 Å². The van der Waals surface area contributed by atoms with Gasteiger partial charge in [-0.15, -0.1) is 0 Å². The molecule has 1 unspecified atom stereocenters. The molecule has 0 aliphatic heterocycles. The molecule has 72 heavy (non-hydrogen) atoms. The van der Waals surface area contributed by atoms with Crippen LogP contribution < -0.4 is 21.9 Å². The zero-order valence-corrected chi connectivity index (χ0v) is 37.4. The first kappa shape index (κ1) is 59.2. The lowest BCUT2D eigenvalue weighted by atomic mass is 9.12. The van der Waals surface area contributed by atoms with Crippen LogP contribution in [-0.2, 0) is 71.1 Å². The van der Waals surface area contributed by atoms with Gasteiger partial charge >= 0.3 is 49.4 Å². The van der Waals surface area contributed by atoms with Crippen molar-refractivity contribution in [2.24, 2.45) is 0 Å². The molecule has 5 aromatic carbocycles. The maximum absolute atomic E-state index is 14.2. The molecular weight excluding hydrogens is 1080 g/mol. The molecule has 0 amide bonds. The van der Waals surface area contributed by atoms with Gasteiger partial charge in [-0.05, 0) is 47.3 Å². The normalized spacial score (nSPS) is 14.0. The predicted molar refractivity (Wildman–Crippen MR) is 217 cm³/mol. The number of hydrogen-bond acceptors (Lipinski definition) is 2. The summed E-state index contributed by atoms with van der Waals surface area (Å²) in [5.74, 6) is 0.756. The molecule has 394 valence electrons. The number of halogens is 24. The SMILES string of the molecule is CS(=O)c1ccc(C(=O)C[S+](C)C)cc1.FC(F)(F)c1cc([B-](c2cc(C(F)(F)F)cc(C(F)(F)F)c2)(c2cc(C(F)(F)F)cc(C(F)(F)F)c2)c2cc(C(F)(F)F)cc(C(F)(F)F)c2)cc(C(F)(F)F)c1. The lowest BCUT2D eigenvalue weighted by Gasteiger charge is -2.46. The number of hydrogen-bond donors (Lipinski definition) is 0. The minimum Gasteiger partial charge on any atom is -0.289 e. The molecule has 29 heteroatoms. The standard InChI is InChI=1S/C32H12BF24.C11H15O2S2/c34-25(35,36)13-1-14(26(37,38)39)6-21(5-13)33(22-7-15(27(40,41)42)2-16(8-22)28(43,44)45,23-9-17(29(46,47)48)3-18(10-23)30(49,50)51)24-11-19(31(52,53)54)4-20(12-24)32(55,56)57;1-14(2)8-11(12)9-4-6-10(7-5-9)15(3)13/h1-12H;4-7H,8H2,1-3H3/q-1;+1. The zero-order valence-electron chi connectivity index (χ0n) is 35.7. The molecule has 0 radical (unpaired) electrons. The Labute approximate surface area is 395 Å². The van der Waals surface area contributed by atoms with E-state index >= 15 is 0 Å². The molecule has 0 heterocycles. The minimum absolute atomic E-state index is 0.130. The molecule has 0 aliphatic rings. The number of Topliss-reactive ketones (excluding diaryl/α,β-unsaturated/α-hetero) is 1. The molecule has 1 atom stereocenters. The van der Waals surface area contributed by atoms with Crippen molar-refractivity contribution in [3.05, 3.63) is 147 Å². The lowest BCUT2D eigenvalue weighted by molar-refractivity contribution is -0.144. The minimum atomic E-state index is -6.13. The van der Waals surface area contributed by atoms with Crippen LogP contribution in [-0.4, -0.2) is 40.7 Å². The van der Waals surface area contributed by atoms with Gasteiger partial charge in [0.15, 0.2) is 5.75 Å². The summed E-state index contributed by atoms with van der Waals surface area (Å²) in [7, 11) is -0.841. The van der Waals surface area contributed by atoms with Crippen LogP contribution in [0.3, 0.4) is 0 Å². The molecule has 0 aliphatic carbocycles. The second-order valence-electron chi connectivity index (χ2n) is 15.8. The highest BCUT2D eigenvalue weighted by Crippen LogP contribution is 2.41. The zero-order chi connectivity index (χ0) is 55.3. The third kappa shape index (κ3) is 14.0. The first-order chi connectivity index (χ1) is 32.3. The second-order valence-corrected chi connectivity index (χ2v) is 19.4. The number of rotatable bonds is 8. The monoisotopic (exact) mass is 1110 g/mol. The van der Waals surface area contributed by atoms with E-state index < -0.39 is 206 Å². The van der Waals surface area contributed by atoms with E-state index in [1.807, 2.05) is 12.5 Å². The second kappa shape index (κ2) is 20.2. The first-order valence-electron chi connectivity index (χ1n) is 19.1. The summed E-state index contributed by atoms with van der Waals surface area (Å²) in [5.41, 5.74) is -29.5. The van der Waals surface area contributed by atoms with Crippen LogP contribution in [0, 0.1) is 0 Å². The Morgan fingerprint density at radius 3 is 0.736 bits per heavy atom. The van der Waals surface area contributed by atoms with E-state index in [0.717, 1.165) is 4.90 Å². The van der Waals surface area contributed by atoms with Crippen LogP contribution in [0.1, 0.15) is 54.9 Å². The highest BCUT2D eigenvalue weighted by molar-refractivity contribution is 7.96. The van der Waals surface area contributed by atoms with Gasteiger partial charge in [-0.25, -0.2) is 0 Å². The Hall–Kier alpha value is -5.35.